The van der Waals surface area contributed by atoms with E-state index < -0.39 is 0 Å². The van der Waals surface area contributed by atoms with Crippen LogP contribution in [0.15, 0.2) is 0 Å². The highest BCUT2D eigenvalue weighted by atomic mass is 16.2. The Morgan fingerprint density at radius 1 is 1.29 bits per heavy atom. The van der Waals surface area contributed by atoms with Gasteiger partial charge in [-0.25, -0.2) is 0 Å². The lowest BCUT2D eigenvalue weighted by molar-refractivity contribution is -0.133. The SMILES string of the molecule is CCCC1NC(C)N(C2CCCCC2C)C1=O. The maximum absolute atomic E-state index is 12.4. The van der Waals surface area contributed by atoms with Crippen LogP contribution in [0.4, 0.5) is 0 Å². The molecule has 0 radical (unpaired) electrons. The average Bonchev–Trinajstić information content (AvgIpc) is 2.57. The number of amides is 1. The Morgan fingerprint density at radius 2 is 2.00 bits per heavy atom. The molecule has 1 aliphatic heterocycles. The van der Waals surface area contributed by atoms with Crippen LogP contribution in [-0.2, 0) is 4.79 Å². The number of nitrogens with zero attached hydrogens (tertiary/aromatic N) is 1. The Hall–Kier alpha value is -0.570. The summed E-state index contributed by atoms with van der Waals surface area (Å²) < 4.78 is 0. The normalized spacial score (nSPS) is 38.8. The number of nitrogens with one attached hydrogen (secondary N) is 1. The molecule has 0 aromatic rings. The molecule has 3 heteroatoms. The summed E-state index contributed by atoms with van der Waals surface area (Å²) in [5.74, 6) is 1.01. The van der Waals surface area contributed by atoms with E-state index in [-0.39, 0.29) is 12.2 Å². The molecule has 4 unspecified atom stereocenters. The maximum Gasteiger partial charge on any atom is 0.241 e. The standard InChI is InChI=1S/C14H26N2O/c1-4-7-12-14(17)16(11(3)15-12)13-9-6-5-8-10(13)2/h10-13,15H,4-9H2,1-3H3. The summed E-state index contributed by atoms with van der Waals surface area (Å²) in [6, 6.07) is 0.546. The molecule has 3 nitrogen and oxygen atoms in total. The van der Waals surface area contributed by atoms with Gasteiger partial charge in [0.2, 0.25) is 5.91 Å². The number of hydrogen-bond donors (Lipinski definition) is 1. The lowest BCUT2D eigenvalue weighted by atomic mass is 9.84. The maximum atomic E-state index is 12.4. The van der Waals surface area contributed by atoms with Gasteiger partial charge in [0.15, 0.2) is 0 Å². The van der Waals surface area contributed by atoms with Crippen molar-refractivity contribution in [3.05, 3.63) is 0 Å². The van der Waals surface area contributed by atoms with Crippen LogP contribution in [0, 0.1) is 5.92 Å². The second-order valence-electron chi connectivity index (χ2n) is 5.76. The third-order valence-electron chi connectivity index (χ3n) is 4.41. The van der Waals surface area contributed by atoms with E-state index in [4.69, 9.17) is 0 Å². The van der Waals surface area contributed by atoms with Crippen molar-refractivity contribution in [2.45, 2.75) is 77.5 Å². The Kier molecular flexibility index (Phi) is 4.08. The van der Waals surface area contributed by atoms with Gasteiger partial charge in [-0.2, -0.15) is 0 Å². The van der Waals surface area contributed by atoms with E-state index in [1.807, 2.05) is 0 Å². The average molecular weight is 238 g/mol. The molecule has 1 aliphatic carbocycles. The van der Waals surface area contributed by atoms with Crippen LogP contribution in [0.3, 0.4) is 0 Å². The van der Waals surface area contributed by atoms with Crippen molar-refractivity contribution in [3.63, 3.8) is 0 Å². The third-order valence-corrected chi connectivity index (χ3v) is 4.41. The molecule has 4 atom stereocenters. The van der Waals surface area contributed by atoms with Crippen molar-refractivity contribution in [3.8, 4) is 0 Å². The van der Waals surface area contributed by atoms with Gasteiger partial charge in [-0.1, -0.05) is 33.1 Å². The molecule has 2 fully saturated rings. The summed E-state index contributed by atoms with van der Waals surface area (Å²) in [6.45, 7) is 6.58. The second kappa shape index (κ2) is 5.38. The summed E-state index contributed by atoms with van der Waals surface area (Å²) in [4.78, 5) is 14.6. The molecule has 1 heterocycles. The Morgan fingerprint density at radius 3 is 2.65 bits per heavy atom. The van der Waals surface area contributed by atoms with Crippen molar-refractivity contribution in [1.29, 1.82) is 0 Å². The highest BCUT2D eigenvalue weighted by Crippen LogP contribution is 2.31. The summed E-state index contributed by atoms with van der Waals surface area (Å²) in [6.07, 6.45) is 7.36. The zero-order chi connectivity index (χ0) is 12.4. The van der Waals surface area contributed by atoms with Gasteiger partial charge in [-0.3, -0.25) is 10.1 Å². The highest BCUT2D eigenvalue weighted by Gasteiger charge is 2.41. The quantitative estimate of drug-likeness (QED) is 0.819. The molecule has 0 bridgehead atoms. The lowest BCUT2D eigenvalue weighted by Crippen LogP contribution is -2.47. The first-order chi connectivity index (χ1) is 8.15. The number of carbonyl (C=O) groups is 1. The molecule has 1 N–H and O–H groups in total. The van der Waals surface area contributed by atoms with Crippen LogP contribution in [0.2, 0.25) is 0 Å². The van der Waals surface area contributed by atoms with Gasteiger partial charge in [0.05, 0.1) is 12.2 Å². The van der Waals surface area contributed by atoms with Gasteiger partial charge >= 0.3 is 0 Å². The van der Waals surface area contributed by atoms with Crippen LogP contribution in [-0.4, -0.2) is 29.1 Å². The summed E-state index contributed by atoms with van der Waals surface area (Å²) in [5.41, 5.74) is 0. The smallest absolute Gasteiger partial charge is 0.241 e. The van der Waals surface area contributed by atoms with Gasteiger partial charge in [-0.05, 0) is 32.1 Å². The van der Waals surface area contributed by atoms with E-state index in [1.165, 1.54) is 25.7 Å². The van der Waals surface area contributed by atoms with Crippen molar-refractivity contribution in [2.75, 3.05) is 0 Å². The van der Waals surface area contributed by atoms with Gasteiger partial charge in [0.1, 0.15) is 0 Å². The van der Waals surface area contributed by atoms with E-state index in [9.17, 15) is 4.79 Å². The van der Waals surface area contributed by atoms with Crippen LogP contribution in [0.1, 0.15) is 59.3 Å². The van der Waals surface area contributed by atoms with E-state index >= 15 is 0 Å². The largest absolute Gasteiger partial charge is 0.323 e. The second-order valence-corrected chi connectivity index (χ2v) is 5.76. The fourth-order valence-corrected chi connectivity index (χ4v) is 3.47. The van der Waals surface area contributed by atoms with Gasteiger partial charge < -0.3 is 4.90 Å². The van der Waals surface area contributed by atoms with Crippen LogP contribution in [0.5, 0.6) is 0 Å². The predicted molar refractivity (Wildman–Crippen MR) is 69.6 cm³/mol. The summed E-state index contributed by atoms with van der Waals surface area (Å²) >= 11 is 0. The zero-order valence-corrected chi connectivity index (χ0v) is 11.4. The van der Waals surface area contributed by atoms with Crippen LogP contribution >= 0.6 is 0 Å². The number of carbonyl (C=O) groups excluding carboxylic acids is 1. The molecule has 0 aromatic heterocycles. The summed E-state index contributed by atoms with van der Waals surface area (Å²) in [5, 5.41) is 3.45. The monoisotopic (exact) mass is 238 g/mol. The number of hydrogen-bond acceptors (Lipinski definition) is 2. The third kappa shape index (κ3) is 2.49. The minimum Gasteiger partial charge on any atom is -0.323 e. The molecule has 17 heavy (non-hydrogen) atoms. The van der Waals surface area contributed by atoms with Gasteiger partial charge in [0, 0.05) is 6.04 Å². The first-order valence-electron chi connectivity index (χ1n) is 7.23. The molecule has 2 rings (SSSR count). The fourth-order valence-electron chi connectivity index (χ4n) is 3.47. The van der Waals surface area contributed by atoms with Crippen molar-refractivity contribution >= 4 is 5.91 Å². The van der Waals surface area contributed by atoms with Crippen LogP contribution in [0.25, 0.3) is 0 Å². The van der Waals surface area contributed by atoms with Crippen molar-refractivity contribution < 1.29 is 4.79 Å². The fraction of sp³-hybridized carbons (Fsp3) is 0.929. The minimum absolute atomic E-state index is 0.0733. The topological polar surface area (TPSA) is 32.3 Å². The molecule has 98 valence electrons. The molecule has 0 aromatic carbocycles. The van der Waals surface area contributed by atoms with Crippen molar-refractivity contribution in [1.82, 2.24) is 10.2 Å². The molecular formula is C14H26N2O. The van der Waals surface area contributed by atoms with E-state index in [2.05, 4.69) is 31.0 Å². The zero-order valence-electron chi connectivity index (χ0n) is 11.4. The number of rotatable bonds is 3. The Bertz CT molecular complexity index is 279. The minimum atomic E-state index is 0.0733. The van der Waals surface area contributed by atoms with E-state index in [0.29, 0.717) is 17.9 Å². The first-order valence-corrected chi connectivity index (χ1v) is 7.23. The van der Waals surface area contributed by atoms with Gasteiger partial charge in [0.25, 0.3) is 0 Å². The van der Waals surface area contributed by atoms with Gasteiger partial charge in [-0.15, -0.1) is 0 Å². The Balaban J connectivity index is 2.06. The lowest BCUT2D eigenvalue weighted by Gasteiger charge is -2.38. The first kappa shape index (κ1) is 12.9. The van der Waals surface area contributed by atoms with E-state index in [0.717, 1.165) is 12.8 Å². The molecule has 1 amide bonds. The molecular weight excluding hydrogens is 212 g/mol. The Labute approximate surface area is 105 Å². The van der Waals surface area contributed by atoms with E-state index in [1.54, 1.807) is 0 Å². The molecule has 1 saturated carbocycles. The molecule has 0 spiro atoms. The molecule has 1 saturated heterocycles. The summed E-state index contributed by atoms with van der Waals surface area (Å²) in [7, 11) is 0. The van der Waals surface area contributed by atoms with Crippen molar-refractivity contribution in [2.24, 2.45) is 5.92 Å². The predicted octanol–water partition coefficient (Wildman–Crippen LogP) is 2.51. The highest BCUT2D eigenvalue weighted by molar-refractivity contribution is 5.84. The van der Waals surface area contributed by atoms with Crippen LogP contribution < -0.4 is 5.32 Å². The molecule has 2 aliphatic rings.